The van der Waals surface area contributed by atoms with Crippen molar-refractivity contribution >= 4 is 20.9 Å². The zero-order chi connectivity index (χ0) is 15.7. The Balaban J connectivity index is 2.06. The molecule has 0 aliphatic carbocycles. The topological polar surface area (TPSA) is 52.1 Å². The van der Waals surface area contributed by atoms with Crippen LogP contribution in [0.4, 0.5) is 0 Å². The van der Waals surface area contributed by atoms with Crippen LogP contribution in [0.1, 0.15) is 11.1 Å². The lowest BCUT2D eigenvalue weighted by molar-refractivity contribution is -0.585. The summed E-state index contributed by atoms with van der Waals surface area (Å²) in [6.45, 7) is 3.90. The van der Waals surface area contributed by atoms with Crippen LogP contribution in [-0.4, -0.2) is 8.42 Å². The monoisotopic (exact) mass is 312 g/mol. The molecule has 0 spiro atoms. The minimum atomic E-state index is -3.75. The first-order chi connectivity index (χ1) is 10.5. The number of aromatic nitrogens is 1. The molecule has 5 heteroatoms. The Kier molecular flexibility index (Phi) is 3.58. The third kappa shape index (κ3) is 2.67. The summed E-state index contributed by atoms with van der Waals surface area (Å²) < 4.78 is 26.3. The Hall–Kier alpha value is -2.40. The lowest BCUT2D eigenvalue weighted by Gasteiger charge is -2.16. The number of pyridine rings is 1. The summed E-state index contributed by atoms with van der Waals surface area (Å²) in [5.41, 5.74) is 2.85. The maximum absolute atomic E-state index is 12.5. The molecular formula is C17H16N2O2S. The molecule has 3 rings (SSSR count). The molecule has 0 unspecified atom stereocenters. The number of fused-ring (bicyclic) bond motifs is 1. The van der Waals surface area contributed by atoms with Gasteiger partial charge in [-0.3, -0.25) is 0 Å². The third-order valence-electron chi connectivity index (χ3n) is 3.56. The Morgan fingerprint density at radius 2 is 1.59 bits per heavy atom. The van der Waals surface area contributed by atoms with Gasteiger partial charge in [-0.05, 0) is 37.6 Å². The molecule has 22 heavy (non-hydrogen) atoms. The lowest BCUT2D eigenvalue weighted by Crippen LogP contribution is -2.33. The number of benzene rings is 2. The van der Waals surface area contributed by atoms with E-state index in [1.54, 1.807) is 30.5 Å². The molecule has 1 heterocycles. The zero-order valence-corrected chi connectivity index (χ0v) is 13.2. The molecule has 3 aromatic rings. The van der Waals surface area contributed by atoms with Crippen LogP contribution in [0.2, 0.25) is 0 Å². The van der Waals surface area contributed by atoms with E-state index in [-0.39, 0.29) is 4.90 Å². The molecule has 2 aromatic carbocycles. The van der Waals surface area contributed by atoms with Crippen molar-refractivity contribution in [2.24, 2.45) is 0 Å². The van der Waals surface area contributed by atoms with E-state index in [1.165, 1.54) is 4.68 Å². The second kappa shape index (κ2) is 5.42. The van der Waals surface area contributed by atoms with E-state index in [0.29, 0.717) is 0 Å². The van der Waals surface area contributed by atoms with Crippen molar-refractivity contribution in [2.45, 2.75) is 18.7 Å². The van der Waals surface area contributed by atoms with E-state index in [4.69, 9.17) is 0 Å². The van der Waals surface area contributed by atoms with E-state index in [9.17, 15) is 8.42 Å². The number of hydrogen-bond donors (Lipinski definition) is 0. The first-order valence-corrected chi connectivity index (χ1v) is 8.36. The van der Waals surface area contributed by atoms with Gasteiger partial charge in [-0.2, -0.15) is 0 Å². The van der Waals surface area contributed by atoms with Crippen molar-refractivity contribution in [3.8, 4) is 0 Å². The van der Waals surface area contributed by atoms with Crippen molar-refractivity contribution in [3.63, 3.8) is 0 Å². The van der Waals surface area contributed by atoms with Gasteiger partial charge in [0.1, 0.15) is 0 Å². The van der Waals surface area contributed by atoms with E-state index >= 15 is 0 Å². The van der Waals surface area contributed by atoms with E-state index in [0.717, 1.165) is 22.0 Å². The van der Waals surface area contributed by atoms with Crippen molar-refractivity contribution in [1.82, 2.24) is 0 Å². The minimum Gasteiger partial charge on any atom is -0.318 e. The van der Waals surface area contributed by atoms with Crippen LogP contribution in [0.15, 0.2) is 65.7 Å². The van der Waals surface area contributed by atoms with Gasteiger partial charge < -0.3 is 4.83 Å². The molecule has 0 bridgehead atoms. The van der Waals surface area contributed by atoms with Crippen LogP contribution in [0, 0.1) is 13.8 Å². The minimum absolute atomic E-state index is 0.190. The van der Waals surface area contributed by atoms with Gasteiger partial charge in [0.15, 0.2) is 16.2 Å². The maximum Gasteiger partial charge on any atom is 0.208 e. The standard InChI is InChI=1S/C17H16N2O2S/c1-13-7-9-15(10-8-13)22(20,21)18-19-12-11-14(2)16-5-3-4-6-17(16)19/h3-12H,1-2H3. The molecule has 0 saturated heterocycles. The van der Waals surface area contributed by atoms with Crippen molar-refractivity contribution in [2.75, 3.05) is 0 Å². The molecule has 4 nitrogen and oxygen atoms in total. The second-order valence-corrected chi connectivity index (χ2v) is 6.82. The van der Waals surface area contributed by atoms with Crippen molar-refractivity contribution < 1.29 is 13.1 Å². The number of nitrogens with zero attached hydrogens (tertiary/aromatic N) is 2. The molecule has 0 aliphatic rings. The van der Waals surface area contributed by atoms with Crippen molar-refractivity contribution in [1.29, 1.82) is 0 Å². The normalized spacial score (nSPS) is 11.5. The SMILES string of the molecule is Cc1ccc(S(=O)(=O)[N-][n+]2ccc(C)c3ccccc32)cc1. The number of sulfonamides is 1. The number of hydrogen-bond acceptors (Lipinski definition) is 2. The quantitative estimate of drug-likeness (QED) is 0.697. The van der Waals surface area contributed by atoms with Gasteiger partial charge in [0.25, 0.3) is 0 Å². The largest absolute Gasteiger partial charge is 0.318 e. The van der Waals surface area contributed by atoms with Gasteiger partial charge in [0.05, 0.1) is 4.90 Å². The molecule has 0 radical (unpaired) electrons. The maximum atomic E-state index is 12.5. The highest BCUT2D eigenvalue weighted by atomic mass is 32.2. The van der Waals surface area contributed by atoms with Crippen LogP contribution in [0.5, 0.6) is 0 Å². The first-order valence-electron chi connectivity index (χ1n) is 6.92. The van der Waals surface area contributed by atoms with Crippen LogP contribution in [0.25, 0.3) is 15.7 Å². The second-order valence-electron chi connectivity index (χ2n) is 5.23. The number of rotatable bonds is 3. The Morgan fingerprint density at radius 1 is 0.909 bits per heavy atom. The molecule has 112 valence electrons. The smallest absolute Gasteiger partial charge is 0.208 e. The van der Waals surface area contributed by atoms with Gasteiger partial charge in [-0.25, -0.2) is 13.1 Å². The Bertz CT molecular complexity index is 933. The highest BCUT2D eigenvalue weighted by Gasteiger charge is 2.12. The van der Waals surface area contributed by atoms with Gasteiger partial charge in [0, 0.05) is 17.5 Å². The first kappa shape index (κ1) is 14.5. The third-order valence-corrected chi connectivity index (χ3v) is 4.81. The average Bonchev–Trinajstić information content (AvgIpc) is 2.51. The lowest BCUT2D eigenvalue weighted by atomic mass is 10.1. The molecular weight excluding hydrogens is 296 g/mol. The Morgan fingerprint density at radius 3 is 2.32 bits per heavy atom. The molecule has 0 saturated carbocycles. The van der Waals surface area contributed by atoms with E-state index in [2.05, 4.69) is 4.83 Å². The summed E-state index contributed by atoms with van der Waals surface area (Å²) in [6.07, 6.45) is 1.67. The molecule has 0 amide bonds. The summed E-state index contributed by atoms with van der Waals surface area (Å²) in [7, 11) is -3.75. The van der Waals surface area contributed by atoms with Crippen LogP contribution < -0.4 is 4.68 Å². The number of para-hydroxylation sites is 1. The number of aryl methyl sites for hydroxylation is 2. The molecule has 0 atom stereocenters. The van der Waals surface area contributed by atoms with Crippen LogP contribution >= 0.6 is 0 Å². The van der Waals surface area contributed by atoms with E-state index in [1.807, 2.05) is 44.2 Å². The average molecular weight is 312 g/mol. The fraction of sp³-hybridized carbons (Fsp3) is 0.118. The van der Waals surface area contributed by atoms with Gasteiger partial charge >= 0.3 is 0 Å². The summed E-state index contributed by atoms with van der Waals surface area (Å²) in [4.78, 5) is 4.14. The highest BCUT2D eigenvalue weighted by Crippen LogP contribution is 2.19. The summed E-state index contributed by atoms with van der Waals surface area (Å²) in [6, 6.07) is 16.1. The van der Waals surface area contributed by atoms with Gasteiger partial charge in [-0.1, -0.05) is 29.8 Å². The zero-order valence-electron chi connectivity index (χ0n) is 12.4. The molecule has 1 aromatic heterocycles. The fourth-order valence-corrected chi connectivity index (χ4v) is 3.25. The van der Waals surface area contributed by atoms with Crippen LogP contribution in [0.3, 0.4) is 0 Å². The molecule has 0 N–H and O–H groups in total. The highest BCUT2D eigenvalue weighted by molar-refractivity contribution is 7.93. The predicted octanol–water partition coefficient (Wildman–Crippen LogP) is 3.27. The summed E-state index contributed by atoms with van der Waals surface area (Å²) in [5, 5.41) is 0.979. The van der Waals surface area contributed by atoms with E-state index < -0.39 is 10.0 Å². The van der Waals surface area contributed by atoms with Crippen LogP contribution in [-0.2, 0) is 10.0 Å². The predicted molar refractivity (Wildman–Crippen MR) is 86.0 cm³/mol. The summed E-state index contributed by atoms with van der Waals surface area (Å²) in [5.74, 6) is 0. The molecule has 0 fully saturated rings. The molecule has 0 aliphatic heterocycles. The Labute approximate surface area is 130 Å². The van der Waals surface area contributed by atoms with Crippen molar-refractivity contribution in [3.05, 3.63) is 76.8 Å². The van der Waals surface area contributed by atoms with Gasteiger partial charge in [0.2, 0.25) is 5.52 Å². The fourth-order valence-electron chi connectivity index (χ4n) is 2.30. The van der Waals surface area contributed by atoms with Gasteiger partial charge in [-0.15, -0.1) is 0 Å². The summed E-state index contributed by atoms with van der Waals surface area (Å²) >= 11 is 0.